The number of nitrogens with one attached hydrogen (secondary N) is 1. The fraction of sp³-hybridized carbons (Fsp3) is 0.583. The van der Waals surface area contributed by atoms with E-state index < -0.39 is 0 Å². The molecule has 2 rings (SSSR count). The Kier molecular flexibility index (Phi) is 3.55. The molecule has 2 heterocycles. The van der Waals surface area contributed by atoms with Crippen molar-refractivity contribution in [1.29, 1.82) is 5.26 Å². The minimum absolute atomic E-state index is 0.399. The minimum Gasteiger partial charge on any atom is -0.365 e. The number of anilines is 1. The molecule has 17 heavy (non-hydrogen) atoms. The van der Waals surface area contributed by atoms with Crippen LogP contribution in [-0.4, -0.2) is 41.0 Å². The van der Waals surface area contributed by atoms with Crippen molar-refractivity contribution in [1.82, 2.24) is 14.9 Å². The zero-order chi connectivity index (χ0) is 12.3. The van der Waals surface area contributed by atoms with Crippen LogP contribution in [0.15, 0.2) is 6.20 Å². The Bertz CT molecular complexity index is 437. The van der Waals surface area contributed by atoms with Crippen molar-refractivity contribution in [3.8, 4) is 6.07 Å². The van der Waals surface area contributed by atoms with Crippen molar-refractivity contribution in [2.24, 2.45) is 0 Å². The molecule has 0 saturated carbocycles. The molecule has 0 unspecified atom stereocenters. The van der Waals surface area contributed by atoms with Gasteiger partial charge in [0.2, 0.25) is 0 Å². The van der Waals surface area contributed by atoms with Crippen LogP contribution < -0.4 is 5.32 Å². The predicted molar refractivity (Wildman–Crippen MR) is 65.6 cm³/mol. The largest absolute Gasteiger partial charge is 0.365 e. The molecule has 0 radical (unpaired) electrons. The molecular formula is C12H17N5. The SMILES string of the molecule is Cc1nc(N[C@@H]2CCCN(C)C2)cnc1C#N. The van der Waals surface area contributed by atoms with Gasteiger partial charge in [-0.1, -0.05) is 0 Å². The molecule has 1 N–H and O–H groups in total. The van der Waals surface area contributed by atoms with E-state index >= 15 is 0 Å². The lowest BCUT2D eigenvalue weighted by atomic mass is 10.1. The van der Waals surface area contributed by atoms with Crippen LogP contribution in [0.25, 0.3) is 0 Å². The summed E-state index contributed by atoms with van der Waals surface area (Å²) in [4.78, 5) is 10.7. The number of aromatic nitrogens is 2. The van der Waals surface area contributed by atoms with E-state index in [1.807, 2.05) is 13.0 Å². The van der Waals surface area contributed by atoms with Crippen LogP contribution in [0.1, 0.15) is 24.2 Å². The molecule has 1 saturated heterocycles. The third-order valence-electron chi connectivity index (χ3n) is 3.03. The highest BCUT2D eigenvalue weighted by Crippen LogP contribution is 2.14. The normalized spacial score (nSPS) is 20.9. The molecule has 0 spiro atoms. The molecule has 1 aliphatic rings. The van der Waals surface area contributed by atoms with E-state index in [4.69, 9.17) is 5.26 Å². The van der Waals surface area contributed by atoms with E-state index in [2.05, 4.69) is 27.2 Å². The molecule has 1 aromatic rings. The molecule has 1 atom stereocenters. The lowest BCUT2D eigenvalue weighted by molar-refractivity contribution is 0.260. The first kappa shape index (κ1) is 11.8. The Morgan fingerprint density at radius 3 is 3.06 bits per heavy atom. The summed E-state index contributed by atoms with van der Waals surface area (Å²) in [5, 5.41) is 12.2. The van der Waals surface area contributed by atoms with Crippen molar-refractivity contribution in [3.63, 3.8) is 0 Å². The summed E-state index contributed by atoms with van der Waals surface area (Å²) >= 11 is 0. The van der Waals surface area contributed by atoms with Crippen LogP contribution in [0.2, 0.25) is 0 Å². The van der Waals surface area contributed by atoms with Gasteiger partial charge >= 0.3 is 0 Å². The maximum atomic E-state index is 8.79. The van der Waals surface area contributed by atoms with Crippen LogP contribution in [0.3, 0.4) is 0 Å². The Labute approximate surface area is 101 Å². The van der Waals surface area contributed by atoms with Crippen molar-refractivity contribution < 1.29 is 0 Å². The van der Waals surface area contributed by atoms with Crippen molar-refractivity contribution in [2.45, 2.75) is 25.8 Å². The standard InChI is InChI=1S/C12H17N5/c1-9-11(6-13)14-7-12(15-9)16-10-4-3-5-17(2)8-10/h7,10H,3-5,8H2,1-2H3,(H,15,16)/t10-/m1/s1. The molecule has 0 aromatic carbocycles. The number of rotatable bonds is 2. The lowest BCUT2D eigenvalue weighted by Gasteiger charge is -2.30. The fourth-order valence-electron chi connectivity index (χ4n) is 2.15. The second kappa shape index (κ2) is 5.11. The van der Waals surface area contributed by atoms with Gasteiger partial charge in [-0.2, -0.15) is 5.26 Å². The van der Waals surface area contributed by atoms with E-state index in [-0.39, 0.29) is 0 Å². The molecular weight excluding hydrogens is 214 g/mol. The summed E-state index contributed by atoms with van der Waals surface area (Å²) in [6, 6.07) is 2.45. The number of likely N-dealkylation sites (N-methyl/N-ethyl adjacent to an activating group) is 1. The Balaban J connectivity index is 2.04. The average molecular weight is 231 g/mol. The molecule has 1 fully saturated rings. The van der Waals surface area contributed by atoms with Gasteiger partial charge in [0, 0.05) is 12.6 Å². The van der Waals surface area contributed by atoms with Gasteiger partial charge in [0.05, 0.1) is 11.9 Å². The summed E-state index contributed by atoms with van der Waals surface area (Å²) in [7, 11) is 2.13. The van der Waals surface area contributed by atoms with Gasteiger partial charge in [-0.3, -0.25) is 0 Å². The molecule has 0 bridgehead atoms. The first-order chi connectivity index (χ1) is 8.19. The van der Waals surface area contributed by atoms with Crippen LogP contribution >= 0.6 is 0 Å². The Hall–Kier alpha value is -1.67. The highest BCUT2D eigenvalue weighted by Gasteiger charge is 2.17. The topological polar surface area (TPSA) is 64.8 Å². The molecule has 1 aromatic heterocycles. The second-order valence-corrected chi connectivity index (χ2v) is 4.55. The summed E-state index contributed by atoms with van der Waals surface area (Å²) < 4.78 is 0. The summed E-state index contributed by atoms with van der Waals surface area (Å²) in [5.41, 5.74) is 1.08. The van der Waals surface area contributed by atoms with Crippen LogP contribution in [0, 0.1) is 18.3 Å². The zero-order valence-corrected chi connectivity index (χ0v) is 10.3. The van der Waals surface area contributed by atoms with Crippen molar-refractivity contribution >= 4 is 5.82 Å². The summed E-state index contributed by atoms with van der Waals surface area (Å²) in [6.07, 6.45) is 4.00. The van der Waals surface area contributed by atoms with E-state index in [0.717, 1.165) is 25.3 Å². The summed E-state index contributed by atoms with van der Waals surface area (Å²) in [5.74, 6) is 0.766. The van der Waals surface area contributed by atoms with E-state index in [9.17, 15) is 0 Å². The third kappa shape index (κ3) is 2.92. The first-order valence-corrected chi connectivity index (χ1v) is 5.88. The number of nitrogens with zero attached hydrogens (tertiary/aromatic N) is 4. The van der Waals surface area contributed by atoms with Crippen LogP contribution in [0.4, 0.5) is 5.82 Å². The maximum absolute atomic E-state index is 8.79. The highest BCUT2D eigenvalue weighted by atomic mass is 15.2. The van der Waals surface area contributed by atoms with E-state index in [1.165, 1.54) is 6.42 Å². The Morgan fingerprint density at radius 1 is 1.59 bits per heavy atom. The zero-order valence-electron chi connectivity index (χ0n) is 10.3. The second-order valence-electron chi connectivity index (χ2n) is 4.55. The van der Waals surface area contributed by atoms with E-state index in [1.54, 1.807) is 6.20 Å². The summed E-state index contributed by atoms with van der Waals surface area (Å²) in [6.45, 7) is 4.00. The maximum Gasteiger partial charge on any atom is 0.161 e. The first-order valence-electron chi connectivity index (χ1n) is 5.88. The minimum atomic E-state index is 0.399. The predicted octanol–water partition coefficient (Wildman–Crippen LogP) is 1.16. The number of aryl methyl sites for hydroxylation is 1. The van der Waals surface area contributed by atoms with Gasteiger partial charge in [0.25, 0.3) is 0 Å². The highest BCUT2D eigenvalue weighted by molar-refractivity contribution is 5.37. The lowest BCUT2D eigenvalue weighted by Crippen LogP contribution is -2.39. The van der Waals surface area contributed by atoms with Crippen LogP contribution in [-0.2, 0) is 0 Å². The molecule has 0 aliphatic carbocycles. The Morgan fingerprint density at radius 2 is 2.41 bits per heavy atom. The van der Waals surface area contributed by atoms with E-state index in [0.29, 0.717) is 17.4 Å². The number of nitriles is 1. The molecule has 1 aliphatic heterocycles. The quantitative estimate of drug-likeness (QED) is 0.827. The molecule has 90 valence electrons. The average Bonchev–Trinajstić information content (AvgIpc) is 2.29. The molecule has 0 amide bonds. The third-order valence-corrected chi connectivity index (χ3v) is 3.03. The van der Waals surface area contributed by atoms with Gasteiger partial charge in [-0.05, 0) is 33.4 Å². The van der Waals surface area contributed by atoms with Crippen molar-refractivity contribution in [3.05, 3.63) is 17.6 Å². The van der Waals surface area contributed by atoms with Gasteiger partial charge in [0.1, 0.15) is 11.9 Å². The number of piperidine rings is 1. The number of hydrogen-bond acceptors (Lipinski definition) is 5. The van der Waals surface area contributed by atoms with Gasteiger partial charge in [-0.15, -0.1) is 0 Å². The van der Waals surface area contributed by atoms with Crippen LogP contribution in [0.5, 0.6) is 0 Å². The van der Waals surface area contributed by atoms with Gasteiger partial charge in [0.15, 0.2) is 5.69 Å². The van der Waals surface area contributed by atoms with Gasteiger partial charge in [-0.25, -0.2) is 9.97 Å². The van der Waals surface area contributed by atoms with Gasteiger partial charge < -0.3 is 10.2 Å². The molecule has 5 heteroatoms. The number of likely N-dealkylation sites (tertiary alicyclic amines) is 1. The molecule has 5 nitrogen and oxygen atoms in total. The smallest absolute Gasteiger partial charge is 0.161 e. The number of hydrogen-bond donors (Lipinski definition) is 1. The fourth-order valence-corrected chi connectivity index (χ4v) is 2.15. The van der Waals surface area contributed by atoms with Crippen molar-refractivity contribution in [2.75, 3.05) is 25.5 Å². The monoisotopic (exact) mass is 231 g/mol.